The van der Waals surface area contributed by atoms with Gasteiger partial charge >= 0.3 is 6.03 Å². The number of anilines is 1. The van der Waals surface area contributed by atoms with Gasteiger partial charge in [-0.1, -0.05) is 42.5 Å². The minimum Gasteiger partial charge on any atom is -0.457 e. The molecule has 0 spiro atoms. The third-order valence-electron chi connectivity index (χ3n) is 4.60. The van der Waals surface area contributed by atoms with Crippen LogP contribution in [0.1, 0.15) is 15.9 Å². The van der Waals surface area contributed by atoms with E-state index in [2.05, 4.69) is 0 Å². The zero-order valence-corrected chi connectivity index (χ0v) is 15.5. The van der Waals surface area contributed by atoms with Gasteiger partial charge in [0.15, 0.2) is 0 Å². The van der Waals surface area contributed by atoms with Gasteiger partial charge in [0.25, 0.3) is 5.91 Å². The zero-order chi connectivity index (χ0) is 20.2. The normalized spacial score (nSPS) is 13.7. The van der Waals surface area contributed by atoms with Crippen molar-refractivity contribution in [1.82, 2.24) is 4.90 Å². The molecule has 3 aromatic rings. The van der Waals surface area contributed by atoms with E-state index < -0.39 is 0 Å². The molecule has 0 bridgehead atoms. The Bertz CT molecular complexity index is 1030. The maximum atomic E-state index is 12.8. The van der Waals surface area contributed by atoms with E-state index in [1.807, 2.05) is 30.3 Å². The van der Waals surface area contributed by atoms with Crippen LogP contribution in [-0.4, -0.2) is 29.7 Å². The summed E-state index contributed by atoms with van der Waals surface area (Å²) in [4.78, 5) is 38.6. The van der Waals surface area contributed by atoms with E-state index in [9.17, 15) is 14.4 Å². The highest BCUT2D eigenvalue weighted by molar-refractivity contribution is 6.19. The Morgan fingerprint density at radius 3 is 2.14 bits per heavy atom. The van der Waals surface area contributed by atoms with Gasteiger partial charge in [0.1, 0.15) is 24.3 Å². The number of nitrogens with zero attached hydrogens (tertiary/aromatic N) is 2. The van der Waals surface area contributed by atoms with Crippen molar-refractivity contribution >= 4 is 23.9 Å². The first-order valence-electron chi connectivity index (χ1n) is 9.13. The van der Waals surface area contributed by atoms with E-state index in [1.165, 1.54) is 9.80 Å². The Morgan fingerprint density at radius 1 is 0.828 bits per heavy atom. The van der Waals surface area contributed by atoms with Crippen molar-refractivity contribution in [2.24, 2.45) is 0 Å². The summed E-state index contributed by atoms with van der Waals surface area (Å²) < 4.78 is 5.75. The van der Waals surface area contributed by atoms with E-state index >= 15 is 0 Å². The van der Waals surface area contributed by atoms with Crippen molar-refractivity contribution < 1.29 is 19.1 Å². The van der Waals surface area contributed by atoms with Gasteiger partial charge in [0.05, 0.1) is 5.69 Å². The van der Waals surface area contributed by atoms with Crippen molar-refractivity contribution in [3.8, 4) is 11.5 Å². The summed E-state index contributed by atoms with van der Waals surface area (Å²) in [5.41, 5.74) is 1.92. The number of rotatable bonds is 6. The molecule has 144 valence electrons. The Labute approximate surface area is 167 Å². The standard InChI is InChI=1S/C23H18N2O4/c26-16-18-8-6-17(7-9-18)14-24-15-22(27)25(23(24)28)19-10-12-21(13-11-19)29-20-4-2-1-3-5-20/h1-13,16H,14-15H2. The van der Waals surface area contributed by atoms with Crippen molar-refractivity contribution in [3.05, 3.63) is 90.0 Å². The molecule has 0 radical (unpaired) electrons. The number of ether oxygens (including phenoxy) is 1. The fourth-order valence-corrected chi connectivity index (χ4v) is 3.14. The van der Waals surface area contributed by atoms with Crippen LogP contribution in [0.3, 0.4) is 0 Å². The summed E-state index contributed by atoms with van der Waals surface area (Å²) in [6.07, 6.45) is 0.765. The van der Waals surface area contributed by atoms with Gasteiger partial charge in [-0.3, -0.25) is 9.59 Å². The lowest BCUT2D eigenvalue weighted by Gasteiger charge is -2.17. The molecule has 1 aliphatic rings. The Morgan fingerprint density at radius 2 is 1.48 bits per heavy atom. The number of para-hydroxylation sites is 1. The topological polar surface area (TPSA) is 66.9 Å². The molecule has 0 N–H and O–H groups in total. The van der Waals surface area contributed by atoms with Crippen LogP contribution in [0.5, 0.6) is 11.5 Å². The average Bonchev–Trinajstić information content (AvgIpc) is 3.03. The minimum atomic E-state index is -0.369. The first-order chi connectivity index (χ1) is 14.1. The quantitative estimate of drug-likeness (QED) is 0.469. The van der Waals surface area contributed by atoms with Crippen molar-refractivity contribution in [3.63, 3.8) is 0 Å². The largest absolute Gasteiger partial charge is 0.457 e. The number of hydrogen-bond donors (Lipinski definition) is 0. The Kier molecular flexibility index (Phi) is 5.07. The highest BCUT2D eigenvalue weighted by Crippen LogP contribution is 2.27. The maximum absolute atomic E-state index is 12.8. The van der Waals surface area contributed by atoms with E-state index in [0.717, 1.165) is 11.8 Å². The zero-order valence-electron chi connectivity index (χ0n) is 15.5. The Hall–Kier alpha value is -3.93. The van der Waals surface area contributed by atoms with Gasteiger partial charge in [0.2, 0.25) is 0 Å². The van der Waals surface area contributed by atoms with Crippen molar-refractivity contribution in [2.75, 3.05) is 11.4 Å². The molecule has 1 aliphatic heterocycles. The summed E-state index contributed by atoms with van der Waals surface area (Å²) in [5, 5.41) is 0. The molecule has 1 fully saturated rings. The lowest BCUT2D eigenvalue weighted by Crippen LogP contribution is -2.32. The van der Waals surface area contributed by atoms with Crippen LogP contribution in [0.2, 0.25) is 0 Å². The van der Waals surface area contributed by atoms with Gasteiger partial charge in [-0.2, -0.15) is 0 Å². The number of carbonyl (C=O) groups excluding carboxylic acids is 3. The third-order valence-corrected chi connectivity index (χ3v) is 4.60. The highest BCUT2D eigenvalue weighted by Gasteiger charge is 2.37. The average molecular weight is 386 g/mol. The number of urea groups is 1. The second kappa shape index (κ2) is 7.98. The molecule has 6 heteroatoms. The van der Waals surface area contributed by atoms with Gasteiger partial charge < -0.3 is 9.64 Å². The Balaban J connectivity index is 1.46. The smallest absolute Gasteiger partial charge is 0.332 e. The van der Waals surface area contributed by atoms with Crippen LogP contribution in [0, 0.1) is 0 Å². The van der Waals surface area contributed by atoms with Gasteiger partial charge in [-0.25, -0.2) is 9.69 Å². The molecule has 3 amide bonds. The molecule has 4 rings (SSSR count). The molecule has 0 unspecified atom stereocenters. The number of hydrogen-bond acceptors (Lipinski definition) is 4. The van der Waals surface area contributed by atoms with Crippen LogP contribution in [0.15, 0.2) is 78.9 Å². The highest BCUT2D eigenvalue weighted by atomic mass is 16.5. The summed E-state index contributed by atoms with van der Waals surface area (Å²) in [5.74, 6) is 1.04. The van der Waals surface area contributed by atoms with Crippen LogP contribution >= 0.6 is 0 Å². The molecule has 0 aliphatic carbocycles. The fraction of sp³-hybridized carbons (Fsp3) is 0.0870. The lowest BCUT2D eigenvalue weighted by molar-refractivity contribution is -0.116. The van der Waals surface area contributed by atoms with Crippen LogP contribution < -0.4 is 9.64 Å². The SMILES string of the molecule is O=Cc1ccc(CN2CC(=O)N(c3ccc(Oc4ccccc4)cc3)C2=O)cc1. The first-order valence-corrected chi connectivity index (χ1v) is 9.13. The number of aldehydes is 1. The molecule has 0 saturated carbocycles. The fourth-order valence-electron chi connectivity index (χ4n) is 3.14. The van der Waals surface area contributed by atoms with Gasteiger partial charge in [-0.05, 0) is 42.0 Å². The monoisotopic (exact) mass is 386 g/mol. The van der Waals surface area contributed by atoms with E-state index in [4.69, 9.17) is 4.74 Å². The van der Waals surface area contributed by atoms with Gasteiger partial charge in [-0.15, -0.1) is 0 Å². The van der Waals surface area contributed by atoms with Crippen LogP contribution in [-0.2, 0) is 11.3 Å². The predicted molar refractivity (Wildman–Crippen MR) is 108 cm³/mol. The van der Waals surface area contributed by atoms with E-state index in [-0.39, 0.29) is 18.5 Å². The summed E-state index contributed by atoms with van der Waals surface area (Å²) in [6, 6.07) is 22.8. The number of amides is 3. The number of carbonyl (C=O) groups is 3. The molecule has 0 aromatic heterocycles. The summed E-state index contributed by atoms with van der Waals surface area (Å²) in [7, 11) is 0. The molecule has 29 heavy (non-hydrogen) atoms. The van der Waals surface area contributed by atoms with E-state index in [0.29, 0.717) is 29.3 Å². The number of imide groups is 1. The van der Waals surface area contributed by atoms with Crippen LogP contribution in [0.4, 0.5) is 10.5 Å². The summed E-state index contributed by atoms with van der Waals surface area (Å²) >= 11 is 0. The maximum Gasteiger partial charge on any atom is 0.332 e. The van der Waals surface area contributed by atoms with Gasteiger partial charge in [0, 0.05) is 12.1 Å². The lowest BCUT2D eigenvalue weighted by atomic mass is 10.1. The minimum absolute atomic E-state index is 0.0104. The molecular formula is C23H18N2O4. The molecular weight excluding hydrogens is 368 g/mol. The summed E-state index contributed by atoms with van der Waals surface area (Å²) in [6.45, 7) is 0.311. The molecule has 0 atom stereocenters. The second-order valence-corrected chi connectivity index (χ2v) is 6.64. The van der Waals surface area contributed by atoms with E-state index in [1.54, 1.807) is 48.5 Å². The molecule has 1 saturated heterocycles. The predicted octanol–water partition coefficient (Wildman–Crippen LogP) is 4.26. The third kappa shape index (κ3) is 4.01. The van der Waals surface area contributed by atoms with Crippen molar-refractivity contribution in [2.45, 2.75) is 6.54 Å². The van der Waals surface area contributed by atoms with Crippen molar-refractivity contribution in [1.29, 1.82) is 0 Å². The number of benzene rings is 3. The first kappa shape index (κ1) is 18.4. The second-order valence-electron chi connectivity index (χ2n) is 6.64. The van der Waals surface area contributed by atoms with Crippen LogP contribution in [0.25, 0.3) is 0 Å². The molecule has 3 aromatic carbocycles. The molecule has 1 heterocycles. The molecule has 6 nitrogen and oxygen atoms in total.